The van der Waals surface area contributed by atoms with Crippen molar-refractivity contribution in [2.75, 3.05) is 13.6 Å². The van der Waals surface area contributed by atoms with Crippen LogP contribution >= 0.6 is 15.9 Å². The Bertz CT molecular complexity index is 506. The molecule has 0 aromatic heterocycles. The highest BCUT2D eigenvalue weighted by Gasteiger charge is 2.02. The molecule has 0 fully saturated rings. The molecule has 0 radical (unpaired) electrons. The SMILES string of the molecule is Cc1cc(Br)cc(CN(C)C/C=C/C#CC(C)(C)C)c1. The van der Waals surface area contributed by atoms with Crippen LogP contribution in [0.15, 0.2) is 34.8 Å². The van der Waals surface area contributed by atoms with Gasteiger partial charge in [0, 0.05) is 23.0 Å². The lowest BCUT2D eigenvalue weighted by molar-refractivity contribution is 0.363. The molecule has 0 spiro atoms. The number of hydrogen-bond acceptors (Lipinski definition) is 1. The van der Waals surface area contributed by atoms with Gasteiger partial charge in [0.05, 0.1) is 0 Å². The quantitative estimate of drug-likeness (QED) is 0.715. The van der Waals surface area contributed by atoms with Crippen molar-refractivity contribution in [1.29, 1.82) is 0 Å². The summed E-state index contributed by atoms with van der Waals surface area (Å²) in [5.74, 6) is 6.30. The molecule has 1 aromatic rings. The second kappa shape index (κ2) is 7.67. The Labute approximate surface area is 132 Å². The van der Waals surface area contributed by atoms with Crippen LogP contribution < -0.4 is 0 Å². The largest absolute Gasteiger partial charge is 0.298 e. The van der Waals surface area contributed by atoms with E-state index in [2.05, 4.69) is 91.7 Å². The Morgan fingerprint density at radius 2 is 1.95 bits per heavy atom. The van der Waals surface area contributed by atoms with Gasteiger partial charge in [0.15, 0.2) is 0 Å². The molecule has 1 aromatic carbocycles. The van der Waals surface area contributed by atoms with E-state index in [1.165, 1.54) is 11.1 Å². The van der Waals surface area contributed by atoms with Crippen molar-refractivity contribution in [1.82, 2.24) is 4.90 Å². The third kappa shape index (κ3) is 7.53. The second-order valence-electron chi connectivity index (χ2n) is 6.26. The lowest BCUT2D eigenvalue weighted by Crippen LogP contribution is -2.17. The fourth-order valence-corrected chi connectivity index (χ4v) is 2.48. The molecular formula is C18H24BrN. The van der Waals surface area contributed by atoms with Gasteiger partial charge in [-0.2, -0.15) is 0 Å². The zero-order valence-electron chi connectivity index (χ0n) is 13.1. The van der Waals surface area contributed by atoms with Gasteiger partial charge in [0.2, 0.25) is 0 Å². The minimum Gasteiger partial charge on any atom is -0.298 e. The summed E-state index contributed by atoms with van der Waals surface area (Å²) >= 11 is 3.54. The van der Waals surface area contributed by atoms with Crippen LogP contribution in [-0.4, -0.2) is 18.5 Å². The van der Waals surface area contributed by atoms with E-state index < -0.39 is 0 Å². The first kappa shape index (κ1) is 17.0. The predicted octanol–water partition coefficient (Wildman–Crippen LogP) is 4.80. The van der Waals surface area contributed by atoms with E-state index >= 15 is 0 Å². The summed E-state index contributed by atoms with van der Waals surface area (Å²) in [4.78, 5) is 2.27. The molecule has 0 amide bonds. The third-order valence-electron chi connectivity index (χ3n) is 2.62. The lowest BCUT2D eigenvalue weighted by atomic mass is 9.98. The minimum absolute atomic E-state index is 0.0735. The van der Waals surface area contributed by atoms with E-state index in [0.717, 1.165) is 17.6 Å². The maximum Gasteiger partial charge on any atom is 0.0234 e. The Balaban J connectivity index is 2.49. The zero-order valence-corrected chi connectivity index (χ0v) is 14.7. The predicted molar refractivity (Wildman–Crippen MR) is 91.6 cm³/mol. The molecule has 0 saturated heterocycles. The normalized spacial score (nSPS) is 11.8. The molecule has 0 N–H and O–H groups in total. The molecule has 1 rings (SSSR count). The lowest BCUT2D eigenvalue weighted by Gasteiger charge is -2.15. The van der Waals surface area contributed by atoms with Gasteiger partial charge in [0.1, 0.15) is 0 Å². The smallest absolute Gasteiger partial charge is 0.0234 e. The molecule has 0 atom stereocenters. The Kier molecular flexibility index (Phi) is 6.52. The van der Waals surface area contributed by atoms with E-state index in [9.17, 15) is 0 Å². The molecule has 0 aliphatic heterocycles. The molecule has 2 heteroatoms. The van der Waals surface area contributed by atoms with Crippen molar-refractivity contribution in [3.8, 4) is 11.8 Å². The summed E-state index contributed by atoms with van der Waals surface area (Å²) in [6.07, 6.45) is 4.07. The number of halogens is 1. The van der Waals surface area contributed by atoms with Gasteiger partial charge in [-0.1, -0.05) is 39.9 Å². The van der Waals surface area contributed by atoms with Crippen LogP contribution in [0.25, 0.3) is 0 Å². The molecule has 0 unspecified atom stereocenters. The number of likely N-dealkylation sites (N-methyl/N-ethyl adjacent to an activating group) is 1. The van der Waals surface area contributed by atoms with Crippen LogP contribution in [0.5, 0.6) is 0 Å². The Morgan fingerprint density at radius 3 is 2.55 bits per heavy atom. The van der Waals surface area contributed by atoms with Crippen molar-refractivity contribution >= 4 is 15.9 Å². The standard InChI is InChI=1S/C18H24BrN/c1-15-11-16(13-17(19)12-15)14-20(5)10-8-6-7-9-18(2,3)4/h6,8,11-13H,10,14H2,1-5H3/b8-6+. The fraction of sp³-hybridized carbons (Fsp3) is 0.444. The fourth-order valence-electron chi connectivity index (χ4n) is 1.83. The molecule has 0 aliphatic carbocycles. The van der Waals surface area contributed by atoms with Crippen molar-refractivity contribution in [3.05, 3.63) is 46.0 Å². The maximum absolute atomic E-state index is 3.54. The van der Waals surface area contributed by atoms with E-state index in [0.29, 0.717) is 0 Å². The molecule has 0 aliphatic rings. The van der Waals surface area contributed by atoms with Gasteiger partial charge in [-0.15, -0.1) is 0 Å². The number of nitrogens with zero attached hydrogens (tertiary/aromatic N) is 1. The van der Waals surface area contributed by atoms with Crippen molar-refractivity contribution in [2.24, 2.45) is 5.41 Å². The first-order chi connectivity index (χ1) is 9.26. The van der Waals surface area contributed by atoms with Gasteiger partial charge in [-0.05, 0) is 64.1 Å². The van der Waals surface area contributed by atoms with Gasteiger partial charge >= 0.3 is 0 Å². The van der Waals surface area contributed by atoms with Crippen molar-refractivity contribution in [2.45, 2.75) is 34.2 Å². The monoisotopic (exact) mass is 333 g/mol. The zero-order chi connectivity index (χ0) is 15.2. The average Bonchev–Trinajstić information content (AvgIpc) is 2.25. The van der Waals surface area contributed by atoms with Crippen LogP contribution in [0.4, 0.5) is 0 Å². The summed E-state index contributed by atoms with van der Waals surface area (Å²) in [7, 11) is 2.12. The number of rotatable bonds is 4. The highest BCUT2D eigenvalue weighted by molar-refractivity contribution is 9.10. The van der Waals surface area contributed by atoms with Crippen LogP contribution in [0, 0.1) is 24.2 Å². The van der Waals surface area contributed by atoms with Gasteiger partial charge in [0.25, 0.3) is 0 Å². The van der Waals surface area contributed by atoms with E-state index in [1.807, 2.05) is 6.08 Å². The molecule has 0 heterocycles. The average molecular weight is 334 g/mol. The van der Waals surface area contributed by atoms with E-state index in [-0.39, 0.29) is 5.41 Å². The summed E-state index contributed by atoms with van der Waals surface area (Å²) in [6.45, 7) is 10.3. The summed E-state index contributed by atoms with van der Waals surface area (Å²) in [5, 5.41) is 0. The summed E-state index contributed by atoms with van der Waals surface area (Å²) in [5.41, 5.74) is 2.69. The number of benzene rings is 1. The summed E-state index contributed by atoms with van der Waals surface area (Å²) in [6, 6.07) is 6.53. The molecule has 1 nitrogen and oxygen atoms in total. The van der Waals surface area contributed by atoms with Gasteiger partial charge < -0.3 is 0 Å². The van der Waals surface area contributed by atoms with Gasteiger partial charge in [-0.3, -0.25) is 4.90 Å². The Hall–Kier alpha value is -1.04. The number of aryl methyl sites for hydroxylation is 1. The van der Waals surface area contributed by atoms with E-state index in [4.69, 9.17) is 0 Å². The first-order valence-corrected chi connectivity index (χ1v) is 7.68. The second-order valence-corrected chi connectivity index (χ2v) is 7.17. The van der Waals surface area contributed by atoms with Crippen molar-refractivity contribution in [3.63, 3.8) is 0 Å². The van der Waals surface area contributed by atoms with Crippen LogP contribution in [0.3, 0.4) is 0 Å². The van der Waals surface area contributed by atoms with Crippen molar-refractivity contribution < 1.29 is 0 Å². The van der Waals surface area contributed by atoms with Crippen LogP contribution in [0.2, 0.25) is 0 Å². The molecule has 108 valence electrons. The number of hydrogen-bond donors (Lipinski definition) is 0. The molecule has 0 bridgehead atoms. The van der Waals surface area contributed by atoms with Gasteiger partial charge in [-0.25, -0.2) is 0 Å². The van der Waals surface area contributed by atoms with Crippen LogP contribution in [0.1, 0.15) is 31.9 Å². The molecule has 20 heavy (non-hydrogen) atoms. The first-order valence-electron chi connectivity index (χ1n) is 6.88. The summed E-state index contributed by atoms with van der Waals surface area (Å²) < 4.78 is 1.15. The highest BCUT2D eigenvalue weighted by Crippen LogP contribution is 2.16. The van der Waals surface area contributed by atoms with Crippen LogP contribution in [-0.2, 0) is 6.54 Å². The minimum atomic E-state index is 0.0735. The molecule has 0 saturated carbocycles. The Morgan fingerprint density at radius 1 is 1.25 bits per heavy atom. The maximum atomic E-state index is 3.54. The highest BCUT2D eigenvalue weighted by atomic mass is 79.9. The molecular weight excluding hydrogens is 310 g/mol. The number of allylic oxidation sites excluding steroid dienone is 1. The third-order valence-corrected chi connectivity index (χ3v) is 3.08. The topological polar surface area (TPSA) is 3.24 Å². The van der Waals surface area contributed by atoms with E-state index in [1.54, 1.807) is 0 Å².